The number of carbonyl (C=O) groups is 1. The summed E-state index contributed by atoms with van der Waals surface area (Å²) in [6.45, 7) is 4.26. The van der Waals surface area contributed by atoms with Crippen molar-refractivity contribution in [3.05, 3.63) is 61.1 Å². The van der Waals surface area contributed by atoms with Crippen LogP contribution in [0.25, 0.3) is 11.3 Å². The lowest BCUT2D eigenvalue weighted by atomic mass is 10.2. The molecular weight excluding hydrogens is 378 g/mol. The topological polar surface area (TPSA) is 86.3 Å². The molecule has 2 aromatic heterocycles. The normalized spacial score (nSPS) is 15.0. The Morgan fingerprint density at radius 1 is 0.933 bits per heavy atom. The molecule has 30 heavy (non-hydrogen) atoms. The maximum Gasteiger partial charge on any atom is 0.238 e. The Kier molecular flexibility index (Phi) is 6.26. The van der Waals surface area contributed by atoms with Crippen LogP contribution in [0.3, 0.4) is 0 Å². The van der Waals surface area contributed by atoms with Gasteiger partial charge in [0, 0.05) is 61.7 Å². The number of nitrogens with zero attached hydrogens (tertiary/aromatic N) is 5. The summed E-state index contributed by atoms with van der Waals surface area (Å²) in [6, 6.07) is 13.2. The van der Waals surface area contributed by atoms with E-state index in [4.69, 9.17) is 0 Å². The predicted molar refractivity (Wildman–Crippen MR) is 118 cm³/mol. The number of aromatic nitrogens is 3. The van der Waals surface area contributed by atoms with Crippen molar-refractivity contribution in [2.45, 2.75) is 0 Å². The third-order valence-corrected chi connectivity index (χ3v) is 5.02. The molecule has 154 valence electrons. The van der Waals surface area contributed by atoms with Gasteiger partial charge in [-0.15, -0.1) is 0 Å². The molecule has 1 fully saturated rings. The highest BCUT2D eigenvalue weighted by Crippen LogP contribution is 2.20. The quantitative estimate of drug-likeness (QED) is 0.654. The van der Waals surface area contributed by atoms with Crippen LogP contribution in [-0.2, 0) is 4.79 Å². The van der Waals surface area contributed by atoms with E-state index in [0.717, 1.165) is 48.8 Å². The Balaban J connectivity index is 1.33. The van der Waals surface area contributed by atoms with E-state index in [-0.39, 0.29) is 5.91 Å². The van der Waals surface area contributed by atoms with E-state index in [1.54, 1.807) is 18.6 Å². The van der Waals surface area contributed by atoms with E-state index in [0.29, 0.717) is 12.5 Å². The molecule has 4 rings (SSSR count). The van der Waals surface area contributed by atoms with Crippen LogP contribution in [0, 0.1) is 0 Å². The summed E-state index contributed by atoms with van der Waals surface area (Å²) < 4.78 is 0. The number of carbonyl (C=O) groups excluding carboxylic acids is 1. The van der Waals surface area contributed by atoms with Crippen LogP contribution >= 0.6 is 0 Å². The standard InChI is InChI=1S/C22H25N7O/c1-28-12-14-29(15-13-28)16-21(30)25-18-2-4-19(5-3-18)26-22-24-11-8-20(27-22)17-6-9-23-10-7-17/h2-11H,12-16H2,1H3,(H,25,30)(H,24,26,27). The fourth-order valence-electron chi connectivity index (χ4n) is 3.28. The van der Waals surface area contributed by atoms with Crippen LogP contribution in [-0.4, -0.2) is 70.4 Å². The molecule has 0 aliphatic carbocycles. The Labute approximate surface area is 176 Å². The second-order valence-electron chi connectivity index (χ2n) is 7.33. The van der Waals surface area contributed by atoms with Gasteiger partial charge in [-0.1, -0.05) is 0 Å². The Morgan fingerprint density at radius 3 is 2.37 bits per heavy atom. The summed E-state index contributed by atoms with van der Waals surface area (Å²) in [5.74, 6) is 0.518. The van der Waals surface area contributed by atoms with Crippen molar-refractivity contribution in [3.63, 3.8) is 0 Å². The molecule has 1 amide bonds. The summed E-state index contributed by atoms with van der Waals surface area (Å²) in [6.07, 6.45) is 5.20. The lowest BCUT2D eigenvalue weighted by Gasteiger charge is -2.31. The highest BCUT2D eigenvalue weighted by atomic mass is 16.2. The second kappa shape index (κ2) is 9.43. The van der Waals surface area contributed by atoms with Gasteiger partial charge in [0.2, 0.25) is 11.9 Å². The zero-order chi connectivity index (χ0) is 20.8. The predicted octanol–water partition coefficient (Wildman–Crippen LogP) is 2.47. The van der Waals surface area contributed by atoms with E-state index in [9.17, 15) is 4.79 Å². The van der Waals surface area contributed by atoms with Crippen LogP contribution in [0.2, 0.25) is 0 Å². The molecule has 1 saturated heterocycles. The fraction of sp³-hybridized carbons (Fsp3) is 0.273. The average Bonchev–Trinajstić information content (AvgIpc) is 2.77. The van der Waals surface area contributed by atoms with Crippen LogP contribution in [0.1, 0.15) is 0 Å². The minimum atomic E-state index is 0.00801. The second-order valence-corrected chi connectivity index (χ2v) is 7.33. The molecule has 2 N–H and O–H groups in total. The Morgan fingerprint density at radius 2 is 1.63 bits per heavy atom. The molecule has 0 saturated carbocycles. The number of amides is 1. The van der Waals surface area contributed by atoms with Crippen molar-refractivity contribution in [3.8, 4) is 11.3 Å². The van der Waals surface area contributed by atoms with Crippen LogP contribution in [0.4, 0.5) is 17.3 Å². The third-order valence-electron chi connectivity index (χ3n) is 5.02. The highest BCUT2D eigenvalue weighted by Gasteiger charge is 2.16. The van der Waals surface area contributed by atoms with Crippen molar-refractivity contribution in [1.82, 2.24) is 24.8 Å². The minimum Gasteiger partial charge on any atom is -0.325 e. The van der Waals surface area contributed by atoms with Crippen LogP contribution in [0.15, 0.2) is 61.1 Å². The summed E-state index contributed by atoms with van der Waals surface area (Å²) in [5.41, 5.74) is 3.42. The maximum atomic E-state index is 12.3. The first kappa shape index (κ1) is 19.9. The Bertz CT molecular complexity index is 970. The van der Waals surface area contributed by atoms with Gasteiger partial charge in [-0.3, -0.25) is 14.7 Å². The number of hydrogen-bond donors (Lipinski definition) is 2. The Hall–Kier alpha value is -3.36. The van der Waals surface area contributed by atoms with Gasteiger partial charge in [0.05, 0.1) is 12.2 Å². The van der Waals surface area contributed by atoms with Crippen molar-refractivity contribution in [1.29, 1.82) is 0 Å². The van der Waals surface area contributed by atoms with Crippen molar-refractivity contribution >= 4 is 23.2 Å². The van der Waals surface area contributed by atoms with Gasteiger partial charge in [-0.25, -0.2) is 9.97 Å². The third kappa shape index (κ3) is 5.37. The van der Waals surface area contributed by atoms with Crippen molar-refractivity contribution < 1.29 is 4.79 Å². The monoisotopic (exact) mass is 403 g/mol. The molecule has 0 spiro atoms. The van der Waals surface area contributed by atoms with Gasteiger partial charge in [0.15, 0.2) is 0 Å². The number of benzene rings is 1. The van der Waals surface area contributed by atoms with Crippen molar-refractivity contribution in [2.24, 2.45) is 0 Å². The van der Waals surface area contributed by atoms with E-state index in [1.165, 1.54) is 0 Å². The molecular formula is C22H25N7O. The van der Waals surface area contributed by atoms with Gasteiger partial charge in [0.25, 0.3) is 0 Å². The average molecular weight is 403 g/mol. The molecule has 0 unspecified atom stereocenters. The van der Waals surface area contributed by atoms with Gasteiger partial charge in [-0.2, -0.15) is 0 Å². The SMILES string of the molecule is CN1CCN(CC(=O)Nc2ccc(Nc3nccc(-c4ccncc4)n3)cc2)CC1. The number of nitrogens with one attached hydrogen (secondary N) is 2. The molecule has 0 radical (unpaired) electrons. The first-order chi connectivity index (χ1) is 14.7. The van der Waals surface area contributed by atoms with E-state index >= 15 is 0 Å². The summed E-state index contributed by atoms with van der Waals surface area (Å²) in [7, 11) is 2.10. The first-order valence-electron chi connectivity index (χ1n) is 9.97. The van der Waals surface area contributed by atoms with Gasteiger partial charge < -0.3 is 15.5 Å². The van der Waals surface area contributed by atoms with E-state index < -0.39 is 0 Å². The number of anilines is 3. The molecule has 0 atom stereocenters. The zero-order valence-electron chi connectivity index (χ0n) is 17.0. The molecule has 0 bridgehead atoms. The number of rotatable bonds is 6. The van der Waals surface area contributed by atoms with Crippen LogP contribution < -0.4 is 10.6 Å². The molecule has 1 aliphatic rings. The maximum absolute atomic E-state index is 12.3. The molecule has 3 heterocycles. The van der Waals surface area contributed by atoms with Gasteiger partial charge >= 0.3 is 0 Å². The van der Waals surface area contributed by atoms with Crippen molar-refractivity contribution in [2.75, 3.05) is 50.4 Å². The minimum absolute atomic E-state index is 0.00801. The van der Waals surface area contributed by atoms with Crippen LogP contribution in [0.5, 0.6) is 0 Å². The molecule has 8 nitrogen and oxygen atoms in total. The number of hydrogen-bond acceptors (Lipinski definition) is 7. The largest absolute Gasteiger partial charge is 0.325 e. The lowest BCUT2D eigenvalue weighted by Crippen LogP contribution is -2.47. The highest BCUT2D eigenvalue weighted by molar-refractivity contribution is 5.92. The molecule has 1 aliphatic heterocycles. The number of piperazine rings is 1. The van der Waals surface area contributed by atoms with Gasteiger partial charge in [-0.05, 0) is 49.5 Å². The molecule has 8 heteroatoms. The van der Waals surface area contributed by atoms with E-state index in [2.05, 4.69) is 42.4 Å². The fourth-order valence-corrected chi connectivity index (χ4v) is 3.28. The molecule has 3 aromatic rings. The summed E-state index contributed by atoms with van der Waals surface area (Å²) in [4.78, 5) is 29.6. The zero-order valence-corrected chi connectivity index (χ0v) is 17.0. The van der Waals surface area contributed by atoms with Gasteiger partial charge in [0.1, 0.15) is 0 Å². The smallest absolute Gasteiger partial charge is 0.238 e. The first-order valence-corrected chi connectivity index (χ1v) is 9.97. The summed E-state index contributed by atoms with van der Waals surface area (Å²) >= 11 is 0. The van der Waals surface area contributed by atoms with E-state index in [1.807, 2.05) is 42.5 Å². The number of pyridine rings is 1. The number of likely N-dealkylation sites (N-methyl/N-ethyl adjacent to an activating group) is 1. The lowest BCUT2D eigenvalue weighted by molar-refractivity contribution is -0.117. The molecule has 1 aromatic carbocycles. The summed E-state index contributed by atoms with van der Waals surface area (Å²) in [5, 5.41) is 6.16.